The largest absolute Gasteiger partial charge is 0.481 e. The highest BCUT2D eigenvalue weighted by Gasteiger charge is 2.33. The highest BCUT2D eigenvalue weighted by atomic mass is 16.6. The lowest BCUT2D eigenvalue weighted by molar-refractivity contribution is -0.165. The van der Waals surface area contributed by atoms with Gasteiger partial charge in [0.25, 0.3) is 0 Å². The van der Waals surface area contributed by atoms with Gasteiger partial charge in [-0.3, -0.25) is 9.59 Å². The van der Waals surface area contributed by atoms with Crippen molar-refractivity contribution in [3.8, 4) is 0 Å². The molecule has 164 valence electrons. The molecule has 1 aliphatic carbocycles. The molecule has 0 saturated heterocycles. The normalized spacial score (nSPS) is 20.3. The van der Waals surface area contributed by atoms with Crippen LogP contribution in [0.4, 0.5) is 0 Å². The molecule has 1 fully saturated rings. The van der Waals surface area contributed by atoms with E-state index in [2.05, 4.69) is 13.8 Å². The van der Waals surface area contributed by atoms with E-state index in [1.807, 2.05) is 13.8 Å². The molecule has 4 nitrogen and oxygen atoms in total. The van der Waals surface area contributed by atoms with Gasteiger partial charge in [-0.2, -0.15) is 0 Å². The summed E-state index contributed by atoms with van der Waals surface area (Å²) in [6, 6.07) is 0. The summed E-state index contributed by atoms with van der Waals surface area (Å²) in [5.74, 6) is -0.437. The fourth-order valence-electron chi connectivity index (χ4n) is 4.15. The van der Waals surface area contributed by atoms with Gasteiger partial charge >= 0.3 is 11.9 Å². The van der Waals surface area contributed by atoms with Crippen molar-refractivity contribution in [1.82, 2.24) is 0 Å². The fraction of sp³-hybridized carbons (Fsp3) is 0.917. The van der Waals surface area contributed by atoms with E-state index in [1.54, 1.807) is 0 Å². The van der Waals surface area contributed by atoms with Crippen molar-refractivity contribution in [2.45, 2.75) is 123 Å². The molecule has 4 heteroatoms. The Hall–Kier alpha value is -1.06. The van der Waals surface area contributed by atoms with Crippen molar-refractivity contribution < 1.29 is 19.4 Å². The Labute approximate surface area is 172 Å². The Kier molecular flexibility index (Phi) is 11.8. The first-order valence-electron chi connectivity index (χ1n) is 11.7. The number of hydrogen-bond donors (Lipinski definition) is 1. The minimum atomic E-state index is -0.734. The molecule has 0 heterocycles. The van der Waals surface area contributed by atoms with Crippen LogP contribution in [0.15, 0.2) is 0 Å². The fourth-order valence-corrected chi connectivity index (χ4v) is 4.15. The van der Waals surface area contributed by atoms with Crippen LogP contribution < -0.4 is 0 Å². The predicted octanol–water partition coefficient (Wildman–Crippen LogP) is 6.76. The van der Waals surface area contributed by atoms with Gasteiger partial charge in [-0.25, -0.2) is 0 Å². The third-order valence-corrected chi connectivity index (χ3v) is 6.10. The number of unbranched alkanes of at least 4 members (excludes halogenated alkanes) is 7. The second-order valence-electron chi connectivity index (χ2n) is 9.83. The molecule has 1 N–H and O–H groups in total. The number of carbonyl (C=O) groups excluding carboxylic acids is 1. The zero-order valence-corrected chi connectivity index (χ0v) is 18.8. The number of carboxylic acids is 1. The van der Waals surface area contributed by atoms with Gasteiger partial charge in [0, 0.05) is 0 Å². The van der Waals surface area contributed by atoms with Crippen LogP contribution in [0, 0.1) is 17.8 Å². The minimum Gasteiger partial charge on any atom is -0.481 e. The van der Waals surface area contributed by atoms with E-state index in [0.717, 1.165) is 18.8 Å². The third-order valence-electron chi connectivity index (χ3n) is 6.10. The zero-order chi connectivity index (χ0) is 21.0. The van der Waals surface area contributed by atoms with Crippen molar-refractivity contribution >= 4 is 11.9 Å². The van der Waals surface area contributed by atoms with Gasteiger partial charge in [0.05, 0.1) is 11.8 Å². The maximum Gasteiger partial charge on any atom is 0.309 e. The van der Waals surface area contributed by atoms with Crippen molar-refractivity contribution in [3.63, 3.8) is 0 Å². The van der Waals surface area contributed by atoms with Gasteiger partial charge in [0.2, 0.25) is 0 Å². The number of esters is 1. The molecule has 1 saturated carbocycles. The number of hydrogen-bond acceptors (Lipinski definition) is 3. The molecule has 0 unspecified atom stereocenters. The summed E-state index contributed by atoms with van der Waals surface area (Å²) in [5, 5.41) is 9.07. The van der Waals surface area contributed by atoms with Crippen molar-refractivity contribution in [3.05, 3.63) is 0 Å². The van der Waals surface area contributed by atoms with E-state index < -0.39 is 11.6 Å². The molecule has 1 aliphatic rings. The maximum atomic E-state index is 12.4. The number of carboxylic acid groups (broad SMARTS) is 1. The Morgan fingerprint density at radius 1 is 0.857 bits per heavy atom. The molecule has 0 aromatic heterocycles. The predicted molar refractivity (Wildman–Crippen MR) is 114 cm³/mol. The lowest BCUT2D eigenvalue weighted by Gasteiger charge is -2.30. The monoisotopic (exact) mass is 396 g/mol. The lowest BCUT2D eigenvalue weighted by Crippen LogP contribution is -2.34. The second-order valence-corrected chi connectivity index (χ2v) is 9.83. The summed E-state index contributed by atoms with van der Waals surface area (Å²) in [4.78, 5) is 23.4. The van der Waals surface area contributed by atoms with Crippen LogP contribution >= 0.6 is 0 Å². The highest BCUT2D eigenvalue weighted by molar-refractivity contribution is 5.74. The molecule has 0 aromatic rings. The Bertz CT molecular complexity index is 448. The molecular formula is C24H44O4. The molecule has 0 bridgehead atoms. The summed E-state index contributed by atoms with van der Waals surface area (Å²) >= 11 is 0. The number of carbonyl (C=O) groups is 2. The van der Waals surface area contributed by atoms with Crippen LogP contribution in [0.2, 0.25) is 0 Å². The molecule has 0 aliphatic heterocycles. The van der Waals surface area contributed by atoms with Crippen LogP contribution in [-0.4, -0.2) is 22.6 Å². The van der Waals surface area contributed by atoms with Crippen LogP contribution in [0.5, 0.6) is 0 Å². The van der Waals surface area contributed by atoms with Crippen LogP contribution in [0.25, 0.3) is 0 Å². The van der Waals surface area contributed by atoms with Crippen LogP contribution in [0.1, 0.15) is 118 Å². The van der Waals surface area contributed by atoms with E-state index in [4.69, 9.17) is 9.84 Å². The molecule has 1 rings (SSSR count). The average Bonchev–Trinajstić information content (AvgIpc) is 2.62. The Balaban J connectivity index is 2.08. The summed E-state index contributed by atoms with van der Waals surface area (Å²) in [6.07, 6.45) is 15.1. The van der Waals surface area contributed by atoms with Gasteiger partial charge in [0.15, 0.2) is 0 Å². The van der Waals surface area contributed by atoms with Crippen molar-refractivity contribution in [1.29, 1.82) is 0 Å². The standard InChI is InChI=1S/C24H44O4/c1-19(2)13-11-9-7-5-6-8-10-12-18-24(3,4)28-23(27)21-16-14-20(15-17-21)22(25)26/h19-21H,5-18H2,1-4H3,(H,25,26). The second kappa shape index (κ2) is 13.2. The molecular weight excluding hydrogens is 352 g/mol. The summed E-state index contributed by atoms with van der Waals surface area (Å²) in [5.41, 5.74) is -0.419. The SMILES string of the molecule is CC(C)CCCCCCCCCCC(C)(C)OC(=O)C1CCC(C(=O)O)CC1. The van der Waals surface area contributed by atoms with Crippen molar-refractivity contribution in [2.75, 3.05) is 0 Å². The quantitative estimate of drug-likeness (QED) is 0.260. The van der Waals surface area contributed by atoms with Crippen LogP contribution in [0.3, 0.4) is 0 Å². The smallest absolute Gasteiger partial charge is 0.309 e. The maximum absolute atomic E-state index is 12.4. The molecule has 0 atom stereocenters. The minimum absolute atomic E-state index is 0.120. The molecule has 0 aromatic carbocycles. The molecule has 0 amide bonds. The third kappa shape index (κ3) is 11.1. The first-order valence-corrected chi connectivity index (χ1v) is 11.7. The van der Waals surface area contributed by atoms with E-state index >= 15 is 0 Å². The van der Waals surface area contributed by atoms with Crippen molar-refractivity contribution in [2.24, 2.45) is 17.8 Å². The van der Waals surface area contributed by atoms with E-state index in [0.29, 0.717) is 25.7 Å². The summed E-state index contributed by atoms with van der Waals surface area (Å²) in [6.45, 7) is 8.59. The van der Waals surface area contributed by atoms with Gasteiger partial charge < -0.3 is 9.84 Å². The molecule has 0 spiro atoms. The van der Waals surface area contributed by atoms with Gasteiger partial charge in [-0.15, -0.1) is 0 Å². The molecule has 28 heavy (non-hydrogen) atoms. The summed E-state index contributed by atoms with van der Waals surface area (Å²) in [7, 11) is 0. The summed E-state index contributed by atoms with van der Waals surface area (Å²) < 4.78 is 5.78. The number of ether oxygens (including phenoxy) is 1. The number of rotatable bonds is 14. The van der Waals surface area contributed by atoms with Gasteiger partial charge in [-0.1, -0.05) is 65.2 Å². The van der Waals surface area contributed by atoms with Gasteiger partial charge in [-0.05, 0) is 58.3 Å². The zero-order valence-electron chi connectivity index (χ0n) is 18.8. The first-order chi connectivity index (χ1) is 13.2. The number of aliphatic carboxylic acids is 1. The Morgan fingerprint density at radius 2 is 1.32 bits per heavy atom. The average molecular weight is 397 g/mol. The van der Waals surface area contributed by atoms with E-state index in [-0.39, 0.29) is 17.8 Å². The van der Waals surface area contributed by atoms with E-state index in [9.17, 15) is 9.59 Å². The topological polar surface area (TPSA) is 63.6 Å². The van der Waals surface area contributed by atoms with E-state index in [1.165, 1.54) is 51.4 Å². The van der Waals surface area contributed by atoms with Gasteiger partial charge in [0.1, 0.15) is 5.60 Å². The highest BCUT2D eigenvalue weighted by Crippen LogP contribution is 2.31. The van der Waals surface area contributed by atoms with Crippen LogP contribution in [-0.2, 0) is 14.3 Å². The molecule has 0 radical (unpaired) electrons. The first kappa shape index (κ1) is 25.0. The Morgan fingerprint density at radius 3 is 1.82 bits per heavy atom. The lowest BCUT2D eigenvalue weighted by atomic mass is 9.82.